The van der Waals surface area contributed by atoms with Crippen LogP contribution in [-0.2, 0) is 0 Å². The molecule has 3 rings (SSSR count). The zero-order valence-electron chi connectivity index (χ0n) is 16.1. The normalized spacial score (nSPS) is 20.5. The standard InChI is InChI=1S/C19H30N4O3/c1-15(2)20-10-12-22(13-11-20)16-6-8-21(9-7-16)17-4-5-18(23(24)25)19(14-17)26-3/h4-5,14-16H,6-13H2,1-3H3. The van der Waals surface area contributed by atoms with Crippen molar-refractivity contribution >= 4 is 11.4 Å². The molecule has 0 aliphatic carbocycles. The maximum atomic E-state index is 11.1. The number of anilines is 1. The van der Waals surface area contributed by atoms with E-state index in [-0.39, 0.29) is 5.69 Å². The van der Waals surface area contributed by atoms with Crippen LogP contribution in [0.25, 0.3) is 0 Å². The molecule has 2 aliphatic rings. The summed E-state index contributed by atoms with van der Waals surface area (Å²) in [6.07, 6.45) is 2.28. The van der Waals surface area contributed by atoms with Gasteiger partial charge in [-0.3, -0.25) is 19.9 Å². The van der Waals surface area contributed by atoms with Gasteiger partial charge in [-0.05, 0) is 32.8 Å². The van der Waals surface area contributed by atoms with Gasteiger partial charge in [0, 0.05) is 69.2 Å². The van der Waals surface area contributed by atoms with Crippen LogP contribution in [0.4, 0.5) is 11.4 Å². The highest BCUT2D eigenvalue weighted by molar-refractivity contribution is 5.59. The predicted octanol–water partition coefficient (Wildman–Crippen LogP) is 2.60. The van der Waals surface area contributed by atoms with E-state index >= 15 is 0 Å². The van der Waals surface area contributed by atoms with Crippen molar-refractivity contribution < 1.29 is 9.66 Å². The van der Waals surface area contributed by atoms with Gasteiger partial charge in [-0.15, -0.1) is 0 Å². The van der Waals surface area contributed by atoms with Gasteiger partial charge >= 0.3 is 5.69 Å². The van der Waals surface area contributed by atoms with Gasteiger partial charge in [0.05, 0.1) is 12.0 Å². The SMILES string of the molecule is COc1cc(N2CCC(N3CCN(C(C)C)CC3)CC2)ccc1[N+](=O)[O-]. The predicted molar refractivity (Wildman–Crippen MR) is 103 cm³/mol. The number of nitrogens with zero attached hydrogens (tertiary/aromatic N) is 4. The molecule has 0 spiro atoms. The lowest BCUT2D eigenvalue weighted by molar-refractivity contribution is -0.385. The first-order valence-electron chi connectivity index (χ1n) is 9.55. The third-order valence-corrected chi connectivity index (χ3v) is 5.79. The summed E-state index contributed by atoms with van der Waals surface area (Å²) in [5, 5.41) is 11.1. The molecular weight excluding hydrogens is 332 g/mol. The lowest BCUT2D eigenvalue weighted by atomic mass is 10.0. The van der Waals surface area contributed by atoms with Crippen LogP contribution in [0.5, 0.6) is 5.75 Å². The molecule has 144 valence electrons. The second kappa shape index (κ2) is 8.22. The maximum absolute atomic E-state index is 11.1. The van der Waals surface area contributed by atoms with Crippen molar-refractivity contribution in [1.82, 2.24) is 9.80 Å². The lowest BCUT2D eigenvalue weighted by Gasteiger charge is -2.44. The summed E-state index contributed by atoms with van der Waals surface area (Å²) in [5.74, 6) is 0.333. The van der Waals surface area contributed by atoms with E-state index in [1.54, 1.807) is 12.1 Å². The van der Waals surface area contributed by atoms with E-state index in [9.17, 15) is 10.1 Å². The van der Waals surface area contributed by atoms with Crippen molar-refractivity contribution in [2.24, 2.45) is 0 Å². The summed E-state index contributed by atoms with van der Waals surface area (Å²) in [5.41, 5.74) is 1.03. The smallest absolute Gasteiger partial charge is 0.311 e. The molecule has 0 atom stereocenters. The molecule has 2 heterocycles. The molecule has 2 fully saturated rings. The fraction of sp³-hybridized carbons (Fsp3) is 0.684. The minimum atomic E-state index is -0.397. The summed E-state index contributed by atoms with van der Waals surface area (Å²) in [7, 11) is 1.48. The molecule has 0 amide bonds. The number of piperidine rings is 1. The van der Waals surface area contributed by atoms with Crippen molar-refractivity contribution in [3.63, 3.8) is 0 Å². The number of hydrogen-bond acceptors (Lipinski definition) is 6. The highest BCUT2D eigenvalue weighted by Gasteiger charge is 2.28. The summed E-state index contributed by atoms with van der Waals surface area (Å²) in [4.78, 5) is 18.2. The molecule has 1 aromatic carbocycles. The first kappa shape index (κ1) is 18.9. The lowest BCUT2D eigenvalue weighted by Crippen LogP contribution is -2.54. The number of methoxy groups -OCH3 is 1. The van der Waals surface area contributed by atoms with Gasteiger partial charge in [-0.2, -0.15) is 0 Å². The number of hydrogen-bond donors (Lipinski definition) is 0. The fourth-order valence-electron chi connectivity index (χ4n) is 4.12. The third kappa shape index (κ3) is 4.10. The Morgan fingerprint density at radius 3 is 2.31 bits per heavy atom. The topological polar surface area (TPSA) is 62.1 Å². The van der Waals surface area contributed by atoms with Gasteiger partial charge in [-0.25, -0.2) is 0 Å². The molecule has 2 aliphatic heterocycles. The van der Waals surface area contributed by atoms with Gasteiger partial charge in [0.1, 0.15) is 0 Å². The summed E-state index contributed by atoms with van der Waals surface area (Å²) < 4.78 is 5.20. The van der Waals surface area contributed by atoms with Crippen molar-refractivity contribution in [1.29, 1.82) is 0 Å². The largest absolute Gasteiger partial charge is 0.490 e. The molecule has 7 heteroatoms. The quantitative estimate of drug-likeness (QED) is 0.593. The molecule has 2 saturated heterocycles. The Labute approximate surface area is 155 Å². The van der Waals surface area contributed by atoms with E-state index in [0.29, 0.717) is 17.8 Å². The van der Waals surface area contributed by atoms with Gasteiger partial charge < -0.3 is 9.64 Å². The van der Waals surface area contributed by atoms with Gasteiger partial charge in [0.25, 0.3) is 0 Å². The number of rotatable bonds is 5. The monoisotopic (exact) mass is 362 g/mol. The van der Waals surface area contributed by atoms with Crippen molar-refractivity contribution in [3.05, 3.63) is 28.3 Å². The van der Waals surface area contributed by atoms with Gasteiger partial charge in [-0.1, -0.05) is 0 Å². The summed E-state index contributed by atoms with van der Waals surface area (Å²) in [6, 6.07) is 6.46. The first-order chi connectivity index (χ1) is 12.5. The molecule has 0 unspecified atom stereocenters. The summed E-state index contributed by atoms with van der Waals surface area (Å²) >= 11 is 0. The van der Waals surface area contributed by atoms with Crippen molar-refractivity contribution in [2.45, 2.75) is 38.8 Å². The van der Waals surface area contributed by atoms with E-state index in [0.717, 1.165) is 57.8 Å². The maximum Gasteiger partial charge on any atom is 0.311 e. The molecule has 7 nitrogen and oxygen atoms in total. The minimum absolute atomic E-state index is 0.0224. The molecule has 0 aromatic heterocycles. The highest BCUT2D eigenvalue weighted by atomic mass is 16.6. The Hall–Kier alpha value is -1.86. The molecule has 0 N–H and O–H groups in total. The molecule has 0 bridgehead atoms. The van der Waals surface area contributed by atoms with E-state index in [1.807, 2.05) is 6.07 Å². The van der Waals surface area contributed by atoms with Crippen LogP contribution < -0.4 is 9.64 Å². The Morgan fingerprint density at radius 2 is 1.77 bits per heavy atom. The van der Waals surface area contributed by atoms with Crippen LogP contribution in [0.3, 0.4) is 0 Å². The number of piperazine rings is 1. The second-order valence-corrected chi connectivity index (χ2v) is 7.50. The summed E-state index contributed by atoms with van der Waals surface area (Å²) in [6.45, 7) is 11.2. The zero-order valence-corrected chi connectivity index (χ0v) is 16.1. The van der Waals surface area contributed by atoms with Crippen molar-refractivity contribution in [2.75, 3.05) is 51.3 Å². The Bertz CT molecular complexity index is 621. The van der Waals surface area contributed by atoms with Crippen LogP contribution >= 0.6 is 0 Å². The molecule has 0 saturated carbocycles. The Kier molecular flexibility index (Phi) is 5.98. The van der Waals surface area contributed by atoms with Crippen LogP contribution in [0, 0.1) is 10.1 Å². The number of nitro benzene ring substituents is 1. The molecule has 0 radical (unpaired) electrons. The van der Waals surface area contributed by atoms with E-state index in [2.05, 4.69) is 28.5 Å². The first-order valence-corrected chi connectivity index (χ1v) is 9.55. The van der Waals surface area contributed by atoms with Gasteiger partial charge in [0.15, 0.2) is 5.75 Å². The van der Waals surface area contributed by atoms with E-state index < -0.39 is 4.92 Å². The molecular formula is C19H30N4O3. The van der Waals surface area contributed by atoms with Crippen LogP contribution in [0.2, 0.25) is 0 Å². The minimum Gasteiger partial charge on any atom is -0.490 e. The average Bonchev–Trinajstić information content (AvgIpc) is 2.67. The average molecular weight is 362 g/mol. The molecule has 1 aromatic rings. The number of ether oxygens (including phenoxy) is 1. The second-order valence-electron chi connectivity index (χ2n) is 7.50. The third-order valence-electron chi connectivity index (χ3n) is 5.79. The fourth-order valence-corrected chi connectivity index (χ4v) is 4.12. The van der Waals surface area contributed by atoms with Gasteiger partial charge in [0.2, 0.25) is 0 Å². The van der Waals surface area contributed by atoms with Crippen LogP contribution in [0.15, 0.2) is 18.2 Å². The van der Waals surface area contributed by atoms with Crippen molar-refractivity contribution in [3.8, 4) is 5.75 Å². The van der Waals surface area contributed by atoms with E-state index in [4.69, 9.17) is 4.74 Å². The van der Waals surface area contributed by atoms with Crippen LogP contribution in [-0.4, -0.2) is 73.2 Å². The zero-order chi connectivity index (χ0) is 18.7. The van der Waals surface area contributed by atoms with Crippen LogP contribution in [0.1, 0.15) is 26.7 Å². The number of nitro groups is 1. The Morgan fingerprint density at radius 1 is 1.12 bits per heavy atom. The van der Waals surface area contributed by atoms with E-state index in [1.165, 1.54) is 7.11 Å². The molecule has 26 heavy (non-hydrogen) atoms. The Balaban J connectivity index is 1.56. The number of benzene rings is 1. The highest BCUT2D eigenvalue weighted by Crippen LogP contribution is 2.33.